The minimum atomic E-state index is -0.524. The molecule has 1 aliphatic rings. The highest BCUT2D eigenvalue weighted by Crippen LogP contribution is 2.38. The van der Waals surface area contributed by atoms with Crippen LogP contribution in [-0.4, -0.2) is 6.61 Å². The third kappa shape index (κ3) is 1.83. The third-order valence-corrected chi connectivity index (χ3v) is 2.87. The van der Waals surface area contributed by atoms with Crippen molar-refractivity contribution in [1.82, 2.24) is 0 Å². The summed E-state index contributed by atoms with van der Waals surface area (Å²) in [6.45, 7) is 0.480. The van der Waals surface area contributed by atoms with Crippen LogP contribution in [0.1, 0.15) is 18.1 Å². The molecular weight excluding hydrogens is 217 g/mol. The number of nitrogens with zero attached hydrogens (tertiary/aromatic N) is 1. The Kier molecular flexibility index (Phi) is 2.90. The van der Waals surface area contributed by atoms with Crippen molar-refractivity contribution in [2.45, 2.75) is 12.5 Å². The van der Waals surface area contributed by atoms with E-state index < -0.39 is 11.9 Å². The lowest BCUT2D eigenvalue weighted by Crippen LogP contribution is -2.08. The summed E-state index contributed by atoms with van der Waals surface area (Å²) in [5.41, 5.74) is 0.309. The van der Waals surface area contributed by atoms with Crippen LogP contribution in [0.2, 0.25) is 5.02 Å². The van der Waals surface area contributed by atoms with Crippen molar-refractivity contribution < 1.29 is 9.13 Å². The lowest BCUT2D eigenvalue weighted by Gasteiger charge is -2.15. The van der Waals surface area contributed by atoms with Gasteiger partial charge < -0.3 is 4.74 Å². The smallest absolute Gasteiger partial charge is 0.130 e. The Hall–Kier alpha value is -1.11. The van der Waals surface area contributed by atoms with Crippen molar-refractivity contribution in [2.75, 3.05) is 6.61 Å². The highest BCUT2D eigenvalue weighted by Gasteiger charge is 2.33. The molecule has 1 fully saturated rings. The molecule has 0 bridgehead atoms. The van der Waals surface area contributed by atoms with Crippen molar-refractivity contribution in [2.24, 2.45) is 5.92 Å². The molecule has 0 aromatic heterocycles. The highest BCUT2D eigenvalue weighted by molar-refractivity contribution is 6.31. The zero-order chi connectivity index (χ0) is 10.8. The van der Waals surface area contributed by atoms with E-state index in [9.17, 15) is 4.39 Å². The van der Waals surface area contributed by atoms with Crippen molar-refractivity contribution in [1.29, 1.82) is 5.26 Å². The average molecular weight is 226 g/mol. The summed E-state index contributed by atoms with van der Waals surface area (Å²) >= 11 is 5.90. The molecule has 1 saturated heterocycles. The third-order valence-electron chi connectivity index (χ3n) is 2.54. The lowest BCUT2D eigenvalue weighted by molar-refractivity contribution is 0.0977. The molecule has 0 saturated carbocycles. The predicted octanol–water partition coefficient (Wildman–Crippen LogP) is 3.08. The van der Waals surface area contributed by atoms with Gasteiger partial charge in [0.2, 0.25) is 0 Å². The van der Waals surface area contributed by atoms with Crippen molar-refractivity contribution >= 4 is 11.6 Å². The Morgan fingerprint density at radius 1 is 1.53 bits per heavy atom. The first-order chi connectivity index (χ1) is 7.24. The number of benzene rings is 1. The van der Waals surface area contributed by atoms with Gasteiger partial charge >= 0.3 is 0 Å². The van der Waals surface area contributed by atoms with E-state index in [2.05, 4.69) is 6.07 Å². The van der Waals surface area contributed by atoms with Gasteiger partial charge in [-0.15, -0.1) is 0 Å². The van der Waals surface area contributed by atoms with Gasteiger partial charge in [0, 0.05) is 17.2 Å². The van der Waals surface area contributed by atoms with Crippen LogP contribution in [0.5, 0.6) is 0 Å². The number of rotatable bonds is 1. The molecule has 1 aromatic rings. The Balaban J connectivity index is 2.41. The maximum absolute atomic E-state index is 13.5. The average Bonchev–Trinajstić information content (AvgIpc) is 2.65. The number of halogens is 2. The van der Waals surface area contributed by atoms with Crippen molar-refractivity contribution in [3.63, 3.8) is 0 Å². The molecule has 1 aliphatic heterocycles. The van der Waals surface area contributed by atoms with Gasteiger partial charge in [-0.2, -0.15) is 5.26 Å². The van der Waals surface area contributed by atoms with E-state index in [1.807, 2.05) is 0 Å². The number of hydrogen-bond acceptors (Lipinski definition) is 2. The van der Waals surface area contributed by atoms with Crippen LogP contribution >= 0.6 is 11.6 Å². The molecule has 4 heteroatoms. The quantitative estimate of drug-likeness (QED) is 0.736. The van der Waals surface area contributed by atoms with Gasteiger partial charge in [-0.05, 0) is 18.6 Å². The summed E-state index contributed by atoms with van der Waals surface area (Å²) in [4.78, 5) is 0. The van der Waals surface area contributed by atoms with Crippen LogP contribution in [0.25, 0.3) is 0 Å². The molecule has 1 aromatic carbocycles. The number of hydrogen-bond donors (Lipinski definition) is 0. The van der Waals surface area contributed by atoms with Crippen LogP contribution in [0.15, 0.2) is 18.2 Å². The van der Waals surface area contributed by atoms with Crippen molar-refractivity contribution in [3.05, 3.63) is 34.6 Å². The Bertz CT molecular complexity index is 395. The Morgan fingerprint density at radius 2 is 2.33 bits per heavy atom. The number of nitriles is 1. The summed E-state index contributed by atoms with van der Waals surface area (Å²) in [6.07, 6.45) is 0.106. The van der Waals surface area contributed by atoms with Crippen LogP contribution in [0.4, 0.5) is 4.39 Å². The molecule has 1 heterocycles. The van der Waals surface area contributed by atoms with Gasteiger partial charge in [0.25, 0.3) is 0 Å². The second kappa shape index (κ2) is 4.18. The number of ether oxygens (including phenoxy) is 1. The van der Waals surface area contributed by atoms with Gasteiger partial charge in [-0.3, -0.25) is 0 Å². The summed E-state index contributed by atoms with van der Waals surface area (Å²) in [6, 6.07) is 6.59. The SMILES string of the molecule is N#CC1CCOC1c1c(F)cccc1Cl. The maximum atomic E-state index is 13.5. The van der Waals surface area contributed by atoms with Crippen LogP contribution in [0, 0.1) is 23.1 Å². The molecule has 78 valence electrons. The van der Waals surface area contributed by atoms with Crippen LogP contribution in [-0.2, 0) is 4.74 Å². The zero-order valence-electron chi connectivity index (χ0n) is 7.91. The fraction of sp³-hybridized carbons (Fsp3) is 0.364. The van der Waals surface area contributed by atoms with Gasteiger partial charge in [0.05, 0.1) is 12.0 Å². The first-order valence-corrected chi connectivity index (χ1v) is 5.07. The fourth-order valence-electron chi connectivity index (χ4n) is 1.79. The lowest BCUT2D eigenvalue weighted by atomic mass is 9.96. The molecule has 2 rings (SSSR count). The minimum absolute atomic E-state index is 0.306. The van der Waals surface area contributed by atoms with E-state index in [1.165, 1.54) is 12.1 Å². The molecule has 2 atom stereocenters. The molecule has 2 nitrogen and oxygen atoms in total. The molecule has 15 heavy (non-hydrogen) atoms. The minimum Gasteiger partial charge on any atom is -0.372 e. The molecule has 0 N–H and O–H groups in total. The van der Waals surface area contributed by atoms with Gasteiger partial charge in [0.15, 0.2) is 0 Å². The molecule has 0 aliphatic carbocycles. The van der Waals surface area contributed by atoms with E-state index >= 15 is 0 Å². The topological polar surface area (TPSA) is 33.0 Å². The van der Waals surface area contributed by atoms with Gasteiger partial charge in [-0.25, -0.2) is 4.39 Å². The Morgan fingerprint density at radius 3 is 3.00 bits per heavy atom. The van der Waals surface area contributed by atoms with E-state index in [0.717, 1.165) is 0 Å². The zero-order valence-corrected chi connectivity index (χ0v) is 8.67. The Labute approximate surface area is 92.2 Å². The van der Waals surface area contributed by atoms with Gasteiger partial charge in [-0.1, -0.05) is 17.7 Å². The molecule has 2 unspecified atom stereocenters. The largest absolute Gasteiger partial charge is 0.372 e. The van der Waals surface area contributed by atoms with E-state index in [0.29, 0.717) is 23.6 Å². The van der Waals surface area contributed by atoms with Crippen molar-refractivity contribution in [3.8, 4) is 6.07 Å². The molecule has 0 amide bonds. The molecular formula is C11H9ClFNO. The highest BCUT2D eigenvalue weighted by atomic mass is 35.5. The second-order valence-electron chi connectivity index (χ2n) is 3.45. The summed E-state index contributed by atoms with van der Waals surface area (Å²) < 4.78 is 18.9. The van der Waals surface area contributed by atoms with Crippen LogP contribution < -0.4 is 0 Å². The monoisotopic (exact) mass is 225 g/mol. The maximum Gasteiger partial charge on any atom is 0.130 e. The van der Waals surface area contributed by atoms with E-state index in [4.69, 9.17) is 21.6 Å². The summed E-state index contributed by atoms with van der Waals surface area (Å²) in [5.74, 6) is -0.714. The van der Waals surface area contributed by atoms with Gasteiger partial charge in [0.1, 0.15) is 11.9 Å². The standard InChI is InChI=1S/C11H9ClFNO/c12-8-2-1-3-9(13)10(8)11-7(6-14)4-5-15-11/h1-3,7,11H,4-5H2. The fourth-order valence-corrected chi connectivity index (χ4v) is 2.06. The van der Waals surface area contributed by atoms with E-state index in [-0.39, 0.29) is 5.92 Å². The predicted molar refractivity (Wildman–Crippen MR) is 53.8 cm³/mol. The second-order valence-corrected chi connectivity index (χ2v) is 3.86. The summed E-state index contributed by atoms with van der Waals surface area (Å²) in [5, 5.41) is 9.21. The normalized spacial score (nSPS) is 25.1. The molecule has 0 radical (unpaired) electrons. The van der Waals surface area contributed by atoms with E-state index in [1.54, 1.807) is 6.07 Å². The first kappa shape index (κ1) is 10.4. The van der Waals surface area contributed by atoms with Crippen LogP contribution in [0.3, 0.4) is 0 Å². The first-order valence-electron chi connectivity index (χ1n) is 4.69. The summed E-state index contributed by atoms with van der Waals surface area (Å²) in [7, 11) is 0. The molecule has 0 spiro atoms.